The molecule has 2 aromatic carbocycles. The molecule has 0 fully saturated rings. The first-order chi connectivity index (χ1) is 13.7. The maximum atomic E-state index is 5.35. The number of ether oxygens (including phenoxy) is 2. The molecule has 0 aliphatic carbocycles. The van der Waals surface area contributed by atoms with Gasteiger partial charge in [0.25, 0.3) is 0 Å². The van der Waals surface area contributed by atoms with Crippen molar-refractivity contribution in [2.75, 3.05) is 38.0 Å². The highest BCUT2D eigenvalue weighted by atomic mass is 16.5. The lowest BCUT2D eigenvalue weighted by Gasteiger charge is -2.17. The molecule has 0 saturated carbocycles. The van der Waals surface area contributed by atoms with E-state index < -0.39 is 0 Å². The maximum absolute atomic E-state index is 5.35. The van der Waals surface area contributed by atoms with Crippen LogP contribution in [0.15, 0.2) is 54.7 Å². The molecule has 28 heavy (non-hydrogen) atoms. The van der Waals surface area contributed by atoms with E-state index in [-0.39, 0.29) is 0 Å². The fourth-order valence-electron chi connectivity index (χ4n) is 2.84. The van der Waals surface area contributed by atoms with Crippen molar-refractivity contribution in [1.82, 2.24) is 15.2 Å². The first kappa shape index (κ1) is 19.4. The van der Waals surface area contributed by atoms with Crippen molar-refractivity contribution in [3.05, 3.63) is 65.9 Å². The number of hydrogen-bond acceptors (Lipinski definition) is 7. The summed E-state index contributed by atoms with van der Waals surface area (Å²) in [6, 6.07) is 16.1. The van der Waals surface area contributed by atoms with Crippen LogP contribution in [0.3, 0.4) is 0 Å². The molecule has 1 N–H and O–H groups in total. The minimum atomic E-state index is 0.583. The number of nitrogens with zero attached hydrogens (tertiary/aromatic N) is 4. The van der Waals surface area contributed by atoms with Gasteiger partial charge in [-0.05, 0) is 29.7 Å². The Labute approximate surface area is 165 Å². The highest BCUT2D eigenvalue weighted by molar-refractivity contribution is 5.43. The summed E-state index contributed by atoms with van der Waals surface area (Å²) in [5.41, 5.74) is 2.34. The standard InChI is InChI=1S/C21H25N5O2/c1-26(15-17-7-5-4-6-8-17)21-24-20(14-23-25-21)22-12-11-16-9-10-18(27-2)19(13-16)28-3/h4-10,13-14H,11-12,15H2,1-3H3,(H,22,24,25). The molecule has 0 bridgehead atoms. The molecule has 0 saturated heterocycles. The quantitative estimate of drug-likeness (QED) is 0.612. The number of benzene rings is 2. The van der Waals surface area contributed by atoms with Crippen molar-refractivity contribution in [2.45, 2.75) is 13.0 Å². The number of anilines is 2. The van der Waals surface area contributed by atoms with Gasteiger partial charge in [-0.1, -0.05) is 36.4 Å². The molecule has 0 radical (unpaired) electrons. The van der Waals surface area contributed by atoms with E-state index in [0.29, 0.717) is 11.8 Å². The summed E-state index contributed by atoms with van der Waals surface area (Å²) in [6.07, 6.45) is 2.45. The van der Waals surface area contributed by atoms with Crippen molar-refractivity contribution in [1.29, 1.82) is 0 Å². The van der Waals surface area contributed by atoms with Gasteiger partial charge in [-0.2, -0.15) is 10.1 Å². The lowest BCUT2D eigenvalue weighted by atomic mass is 10.1. The summed E-state index contributed by atoms with van der Waals surface area (Å²) < 4.78 is 10.6. The van der Waals surface area contributed by atoms with Crippen LogP contribution in [0.4, 0.5) is 11.8 Å². The molecule has 3 rings (SSSR count). The molecule has 1 aromatic heterocycles. The molecule has 0 atom stereocenters. The van der Waals surface area contributed by atoms with Crippen LogP contribution in [0.25, 0.3) is 0 Å². The van der Waals surface area contributed by atoms with Gasteiger partial charge < -0.3 is 19.7 Å². The van der Waals surface area contributed by atoms with Gasteiger partial charge in [0.2, 0.25) is 5.95 Å². The van der Waals surface area contributed by atoms with Gasteiger partial charge >= 0.3 is 0 Å². The number of aromatic nitrogens is 3. The van der Waals surface area contributed by atoms with Crippen molar-refractivity contribution >= 4 is 11.8 Å². The summed E-state index contributed by atoms with van der Waals surface area (Å²) >= 11 is 0. The van der Waals surface area contributed by atoms with E-state index in [2.05, 4.69) is 32.6 Å². The van der Waals surface area contributed by atoms with E-state index in [9.17, 15) is 0 Å². The minimum Gasteiger partial charge on any atom is -0.493 e. The van der Waals surface area contributed by atoms with Crippen LogP contribution in [0.5, 0.6) is 11.5 Å². The monoisotopic (exact) mass is 379 g/mol. The maximum Gasteiger partial charge on any atom is 0.247 e. The normalized spacial score (nSPS) is 10.4. The topological polar surface area (TPSA) is 72.4 Å². The Hall–Kier alpha value is -3.35. The Morgan fingerprint density at radius 1 is 0.964 bits per heavy atom. The van der Waals surface area contributed by atoms with Crippen molar-refractivity contribution in [2.24, 2.45) is 0 Å². The molecule has 146 valence electrons. The highest BCUT2D eigenvalue weighted by Gasteiger charge is 2.08. The molecular weight excluding hydrogens is 354 g/mol. The van der Waals surface area contributed by atoms with Crippen molar-refractivity contribution in [3.63, 3.8) is 0 Å². The molecule has 0 aliphatic heterocycles. The molecule has 7 nitrogen and oxygen atoms in total. The second-order valence-corrected chi connectivity index (χ2v) is 6.35. The molecule has 0 spiro atoms. The summed E-state index contributed by atoms with van der Waals surface area (Å²) in [5, 5.41) is 11.5. The molecular formula is C21H25N5O2. The predicted molar refractivity (Wildman–Crippen MR) is 110 cm³/mol. The van der Waals surface area contributed by atoms with Crippen molar-refractivity contribution < 1.29 is 9.47 Å². The zero-order valence-electron chi connectivity index (χ0n) is 16.4. The smallest absolute Gasteiger partial charge is 0.247 e. The first-order valence-electron chi connectivity index (χ1n) is 9.09. The fraction of sp³-hybridized carbons (Fsp3) is 0.286. The van der Waals surface area contributed by atoms with Crippen LogP contribution in [0, 0.1) is 0 Å². The Bertz CT molecular complexity index is 889. The zero-order chi connectivity index (χ0) is 19.8. The largest absolute Gasteiger partial charge is 0.493 e. The zero-order valence-corrected chi connectivity index (χ0v) is 16.4. The average molecular weight is 379 g/mol. The van der Waals surface area contributed by atoms with Crippen LogP contribution in [0.1, 0.15) is 11.1 Å². The molecule has 0 unspecified atom stereocenters. The lowest BCUT2D eigenvalue weighted by Crippen LogP contribution is -2.20. The Morgan fingerprint density at radius 2 is 1.75 bits per heavy atom. The molecule has 0 amide bonds. The third kappa shape index (κ3) is 5.09. The fourth-order valence-corrected chi connectivity index (χ4v) is 2.84. The van der Waals surface area contributed by atoms with Crippen LogP contribution in [-0.2, 0) is 13.0 Å². The van der Waals surface area contributed by atoms with Crippen LogP contribution < -0.4 is 19.7 Å². The Kier molecular flexibility index (Phi) is 6.62. The summed E-state index contributed by atoms with van der Waals surface area (Å²) in [7, 11) is 5.23. The second kappa shape index (κ2) is 9.55. The summed E-state index contributed by atoms with van der Waals surface area (Å²) in [5.74, 6) is 2.74. The SMILES string of the molecule is COc1ccc(CCNc2cnnc(N(C)Cc3ccccc3)n2)cc1OC. The van der Waals surface area contributed by atoms with E-state index in [1.54, 1.807) is 20.4 Å². The Balaban J connectivity index is 1.57. The van der Waals surface area contributed by atoms with E-state index >= 15 is 0 Å². The first-order valence-corrected chi connectivity index (χ1v) is 9.09. The van der Waals surface area contributed by atoms with Gasteiger partial charge in [0.05, 0.1) is 20.4 Å². The molecule has 3 aromatic rings. The number of methoxy groups -OCH3 is 2. The molecule has 7 heteroatoms. The minimum absolute atomic E-state index is 0.583. The third-order valence-electron chi connectivity index (χ3n) is 4.32. The number of rotatable bonds is 9. The van der Waals surface area contributed by atoms with Gasteiger partial charge in [0.1, 0.15) is 0 Å². The van der Waals surface area contributed by atoms with Gasteiger partial charge in [-0.15, -0.1) is 5.10 Å². The van der Waals surface area contributed by atoms with Crippen molar-refractivity contribution in [3.8, 4) is 11.5 Å². The van der Waals surface area contributed by atoms with E-state index in [0.717, 1.165) is 36.6 Å². The highest BCUT2D eigenvalue weighted by Crippen LogP contribution is 2.27. The van der Waals surface area contributed by atoms with E-state index in [1.165, 1.54) is 5.56 Å². The molecule has 1 heterocycles. The predicted octanol–water partition coefficient (Wildman–Crippen LogP) is 3.18. The van der Waals surface area contributed by atoms with Gasteiger partial charge in [-0.3, -0.25) is 0 Å². The van der Waals surface area contributed by atoms with Gasteiger partial charge in [0, 0.05) is 20.1 Å². The van der Waals surface area contributed by atoms with Crippen LogP contribution in [-0.4, -0.2) is 43.0 Å². The average Bonchev–Trinajstić information content (AvgIpc) is 2.74. The molecule has 0 aliphatic rings. The van der Waals surface area contributed by atoms with Crippen LogP contribution >= 0.6 is 0 Å². The lowest BCUT2D eigenvalue weighted by molar-refractivity contribution is 0.354. The van der Waals surface area contributed by atoms with Crippen LogP contribution in [0.2, 0.25) is 0 Å². The van der Waals surface area contributed by atoms with E-state index in [1.807, 2.05) is 48.3 Å². The second-order valence-electron chi connectivity index (χ2n) is 6.35. The number of hydrogen-bond donors (Lipinski definition) is 1. The third-order valence-corrected chi connectivity index (χ3v) is 4.32. The Morgan fingerprint density at radius 3 is 2.50 bits per heavy atom. The summed E-state index contributed by atoms with van der Waals surface area (Å²) in [4.78, 5) is 6.53. The van der Waals surface area contributed by atoms with Gasteiger partial charge in [0.15, 0.2) is 17.3 Å². The summed E-state index contributed by atoms with van der Waals surface area (Å²) in [6.45, 7) is 1.44. The number of nitrogens with one attached hydrogen (secondary N) is 1. The van der Waals surface area contributed by atoms with Gasteiger partial charge in [-0.25, -0.2) is 0 Å². The van der Waals surface area contributed by atoms with E-state index in [4.69, 9.17) is 9.47 Å².